The van der Waals surface area contributed by atoms with E-state index in [9.17, 15) is 0 Å². The van der Waals surface area contributed by atoms with Crippen molar-refractivity contribution in [2.24, 2.45) is 0 Å². The van der Waals surface area contributed by atoms with Crippen molar-refractivity contribution in [3.63, 3.8) is 0 Å². The molecule has 1 aromatic heterocycles. The normalized spacial score (nSPS) is 16.6. The van der Waals surface area contributed by atoms with Crippen LogP contribution in [0.25, 0.3) is 10.8 Å². The molecule has 1 aliphatic heterocycles. The summed E-state index contributed by atoms with van der Waals surface area (Å²) in [4.78, 5) is 6.88. The van der Waals surface area contributed by atoms with E-state index in [0.717, 1.165) is 29.9 Å². The average molecular weight is 255 g/mol. The number of rotatable bonds is 1. The van der Waals surface area contributed by atoms with Gasteiger partial charge in [-0.2, -0.15) is 0 Å². The molecule has 0 atom stereocenters. The van der Waals surface area contributed by atoms with E-state index in [2.05, 4.69) is 22.0 Å². The molecule has 0 saturated carbocycles. The summed E-state index contributed by atoms with van der Waals surface area (Å²) in [5.41, 5.74) is 9.26. The van der Waals surface area contributed by atoms with Gasteiger partial charge < -0.3 is 10.6 Å². The van der Waals surface area contributed by atoms with Gasteiger partial charge in [-0.25, -0.2) is 0 Å². The van der Waals surface area contributed by atoms with Gasteiger partial charge in [0.25, 0.3) is 0 Å². The minimum Gasteiger partial charge on any atom is -0.398 e. The van der Waals surface area contributed by atoms with Gasteiger partial charge in [-0.05, 0) is 38.0 Å². The van der Waals surface area contributed by atoms with Crippen LogP contribution in [0.4, 0.5) is 11.4 Å². The Morgan fingerprint density at radius 3 is 2.53 bits per heavy atom. The summed E-state index contributed by atoms with van der Waals surface area (Å²) in [5.74, 6) is 0. The monoisotopic (exact) mass is 255 g/mol. The zero-order valence-electron chi connectivity index (χ0n) is 11.5. The van der Waals surface area contributed by atoms with Crippen LogP contribution < -0.4 is 10.6 Å². The summed E-state index contributed by atoms with van der Waals surface area (Å²) in [5, 5.41) is 2.32. The van der Waals surface area contributed by atoms with Crippen molar-refractivity contribution in [3.8, 4) is 0 Å². The molecule has 0 spiro atoms. The van der Waals surface area contributed by atoms with E-state index in [-0.39, 0.29) is 0 Å². The first-order valence-electron chi connectivity index (χ1n) is 7.15. The maximum absolute atomic E-state index is 6.08. The molecule has 2 heterocycles. The van der Waals surface area contributed by atoms with Crippen molar-refractivity contribution in [1.29, 1.82) is 0 Å². The van der Waals surface area contributed by atoms with Gasteiger partial charge in [0.2, 0.25) is 0 Å². The number of nitrogens with zero attached hydrogens (tertiary/aromatic N) is 2. The molecule has 2 aromatic rings. The van der Waals surface area contributed by atoms with E-state index in [1.165, 1.54) is 36.8 Å². The molecule has 2 N–H and O–H groups in total. The van der Waals surface area contributed by atoms with E-state index in [1.807, 2.05) is 19.2 Å². The number of benzene rings is 1. The fourth-order valence-electron chi connectivity index (χ4n) is 2.94. The van der Waals surface area contributed by atoms with Crippen LogP contribution in [0.2, 0.25) is 0 Å². The Bertz CT molecular complexity index is 584. The van der Waals surface area contributed by atoms with Crippen molar-refractivity contribution in [2.75, 3.05) is 23.7 Å². The minimum atomic E-state index is 0.820. The molecule has 3 nitrogen and oxygen atoms in total. The van der Waals surface area contributed by atoms with Crippen LogP contribution in [0, 0.1) is 6.92 Å². The highest BCUT2D eigenvalue weighted by Crippen LogP contribution is 2.32. The van der Waals surface area contributed by atoms with E-state index >= 15 is 0 Å². The number of aryl methyl sites for hydroxylation is 1. The Morgan fingerprint density at radius 1 is 1.05 bits per heavy atom. The first-order valence-corrected chi connectivity index (χ1v) is 7.15. The summed E-state index contributed by atoms with van der Waals surface area (Å²) < 4.78 is 0. The molecule has 19 heavy (non-hydrogen) atoms. The minimum absolute atomic E-state index is 0.820. The molecule has 0 amide bonds. The number of nitrogen functional groups attached to an aromatic ring is 1. The topological polar surface area (TPSA) is 42.1 Å². The SMILES string of the molecule is Cc1cc2c(N3CCCCCC3)ccc(N)c2cn1. The third-order valence-corrected chi connectivity index (χ3v) is 4.00. The fourth-order valence-corrected chi connectivity index (χ4v) is 2.94. The molecule has 3 rings (SSSR count). The summed E-state index contributed by atoms with van der Waals surface area (Å²) in [6.45, 7) is 4.34. The largest absolute Gasteiger partial charge is 0.398 e. The number of nitrogens with two attached hydrogens (primary N) is 1. The molecule has 1 fully saturated rings. The second-order valence-electron chi connectivity index (χ2n) is 5.45. The Hall–Kier alpha value is -1.77. The molecule has 0 aliphatic carbocycles. The second kappa shape index (κ2) is 5.08. The molecule has 1 aliphatic rings. The third kappa shape index (κ3) is 2.37. The van der Waals surface area contributed by atoms with E-state index in [0.29, 0.717) is 0 Å². The van der Waals surface area contributed by atoms with Crippen molar-refractivity contribution >= 4 is 22.1 Å². The smallest absolute Gasteiger partial charge is 0.0448 e. The molecular weight excluding hydrogens is 234 g/mol. The highest BCUT2D eigenvalue weighted by Gasteiger charge is 2.14. The highest BCUT2D eigenvalue weighted by molar-refractivity contribution is 6.01. The molecule has 0 unspecified atom stereocenters. The predicted octanol–water partition coefficient (Wildman–Crippen LogP) is 3.51. The Morgan fingerprint density at radius 2 is 1.79 bits per heavy atom. The van der Waals surface area contributed by atoms with Gasteiger partial charge in [0.1, 0.15) is 0 Å². The molecular formula is C16H21N3. The van der Waals surface area contributed by atoms with Crippen LogP contribution in [0.1, 0.15) is 31.4 Å². The third-order valence-electron chi connectivity index (χ3n) is 4.00. The van der Waals surface area contributed by atoms with Crippen molar-refractivity contribution in [1.82, 2.24) is 4.98 Å². The summed E-state index contributed by atoms with van der Waals surface area (Å²) in [6, 6.07) is 6.34. The molecule has 1 aromatic carbocycles. The van der Waals surface area contributed by atoms with Gasteiger partial charge in [-0.3, -0.25) is 4.98 Å². The number of pyridine rings is 1. The van der Waals surface area contributed by atoms with Crippen LogP contribution >= 0.6 is 0 Å². The first-order chi connectivity index (χ1) is 9.25. The first kappa shape index (κ1) is 12.3. The van der Waals surface area contributed by atoms with Crippen LogP contribution in [0.5, 0.6) is 0 Å². The van der Waals surface area contributed by atoms with E-state index in [4.69, 9.17) is 5.73 Å². The molecule has 3 heteroatoms. The fraction of sp³-hybridized carbons (Fsp3) is 0.438. The van der Waals surface area contributed by atoms with Gasteiger partial charge in [0, 0.05) is 47.1 Å². The zero-order valence-corrected chi connectivity index (χ0v) is 11.5. The van der Waals surface area contributed by atoms with E-state index < -0.39 is 0 Å². The number of hydrogen-bond donors (Lipinski definition) is 1. The van der Waals surface area contributed by atoms with E-state index in [1.54, 1.807) is 0 Å². The molecule has 0 radical (unpaired) electrons. The Balaban J connectivity index is 2.11. The van der Waals surface area contributed by atoms with Gasteiger partial charge in [0.15, 0.2) is 0 Å². The summed E-state index contributed by atoms with van der Waals surface area (Å²) >= 11 is 0. The van der Waals surface area contributed by atoms with Crippen LogP contribution in [-0.2, 0) is 0 Å². The second-order valence-corrected chi connectivity index (χ2v) is 5.45. The lowest BCUT2D eigenvalue weighted by atomic mass is 10.1. The summed E-state index contributed by atoms with van der Waals surface area (Å²) in [6.07, 6.45) is 7.18. The molecule has 0 bridgehead atoms. The number of anilines is 2. The lowest BCUT2D eigenvalue weighted by Crippen LogP contribution is -2.24. The van der Waals surface area contributed by atoms with Crippen molar-refractivity contribution in [2.45, 2.75) is 32.6 Å². The summed E-state index contributed by atoms with van der Waals surface area (Å²) in [7, 11) is 0. The quantitative estimate of drug-likeness (QED) is 0.793. The lowest BCUT2D eigenvalue weighted by Gasteiger charge is -2.24. The maximum Gasteiger partial charge on any atom is 0.0448 e. The molecule has 100 valence electrons. The number of hydrogen-bond acceptors (Lipinski definition) is 3. The van der Waals surface area contributed by atoms with Gasteiger partial charge in [-0.15, -0.1) is 0 Å². The highest BCUT2D eigenvalue weighted by atomic mass is 15.1. The zero-order chi connectivity index (χ0) is 13.2. The number of aromatic nitrogens is 1. The van der Waals surface area contributed by atoms with Crippen molar-refractivity contribution in [3.05, 3.63) is 30.1 Å². The van der Waals surface area contributed by atoms with Crippen molar-refractivity contribution < 1.29 is 0 Å². The van der Waals surface area contributed by atoms with Gasteiger partial charge in [-0.1, -0.05) is 12.8 Å². The molecule has 1 saturated heterocycles. The predicted molar refractivity (Wildman–Crippen MR) is 81.6 cm³/mol. The van der Waals surface area contributed by atoms with Crippen LogP contribution in [0.15, 0.2) is 24.4 Å². The van der Waals surface area contributed by atoms with Gasteiger partial charge in [0.05, 0.1) is 0 Å². The lowest BCUT2D eigenvalue weighted by molar-refractivity contribution is 0.726. The number of fused-ring (bicyclic) bond motifs is 1. The Kier molecular flexibility index (Phi) is 3.28. The van der Waals surface area contributed by atoms with Crippen LogP contribution in [-0.4, -0.2) is 18.1 Å². The maximum atomic E-state index is 6.08. The van der Waals surface area contributed by atoms with Gasteiger partial charge >= 0.3 is 0 Å². The Labute approximate surface area is 114 Å². The average Bonchev–Trinajstić information content (AvgIpc) is 2.68. The van der Waals surface area contributed by atoms with Crippen LogP contribution in [0.3, 0.4) is 0 Å². The standard InChI is InChI=1S/C16H21N3/c1-12-10-13-14(11-18-12)15(17)6-7-16(13)19-8-4-2-3-5-9-19/h6-7,10-11H,2-5,8-9,17H2,1H3.